The van der Waals surface area contributed by atoms with Crippen LogP contribution in [0.2, 0.25) is 0 Å². The van der Waals surface area contributed by atoms with Gasteiger partial charge in [0.25, 0.3) is 0 Å². The minimum atomic E-state index is -5.03. The lowest BCUT2D eigenvalue weighted by Crippen LogP contribution is -2.64. The molecule has 12 nitrogen and oxygen atoms in total. The number of phosphoric ester groups is 1. The van der Waals surface area contributed by atoms with Crippen LogP contribution in [0.3, 0.4) is 0 Å². The van der Waals surface area contributed by atoms with Crippen molar-refractivity contribution in [2.24, 2.45) is 0 Å². The van der Waals surface area contributed by atoms with Crippen molar-refractivity contribution < 1.29 is 58.3 Å². The maximum atomic E-state index is 12.9. The summed E-state index contributed by atoms with van der Waals surface area (Å²) >= 11 is 0. The first kappa shape index (κ1) is 63.8. The fraction of sp³-hybridized carbons (Fsp3) is 0.764. The summed E-state index contributed by atoms with van der Waals surface area (Å²) in [4.78, 5) is 23.3. The number of unbranched alkanes of at least 4 members (excludes halogenated alkanes) is 21. The van der Waals surface area contributed by atoms with Crippen LogP contribution in [-0.4, -0.2) is 98.9 Å². The number of aliphatic hydroxyl groups excluding tert-OH is 5. The van der Waals surface area contributed by atoms with Gasteiger partial charge in [0, 0.05) is 13.0 Å². The Morgan fingerprint density at radius 3 is 1.32 bits per heavy atom. The molecule has 13 heteroatoms. The molecule has 0 radical (unpaired) electrons. The maximum absolute atomic E-state index is 12.9. The van der Waals surface area contributed by atoms with Crippen molar-refractivity contribution in [1.82, 2.24) is 0 Å². The highest BCUT2D eigenvalue weighted by Crippen LogP contribution is 2.47. The Labute approximate surface area is 412 Å². The molecule has 394 valence electrons. The molecule has 0 heterocycles. The lowest BCUT2D eigenvalue weighted by atomic mass is 9.85. The highest BCUT2D eigenvalue weighted by Gasteiger charge is 2.51. The predicted octanol–water partition coefficient (Wildman–Crippen LogP) is 12.3. The molecular formula is C55H97O12P. The van der Waals surface area contributed by atoms with Gasteiger partial charge in [-0.2, -0.15) is 0 Å². The first-order valence-corrected chi connectivity index (χ1v) is 28.3. The third kappa shape index (κ3) is 35.8. The molecule has 1 aliphatic rings. The lowest BCUT2D eigenvalue weighted by Gasteiger charge is -2.41. The molecule has 1 fully saturated rings. The second-order valence-corrected chi connectivity index (χ2v) is 19.7. The zero-order valence-electron chi connectivity index (χ0n) is 42.4. The number of hydrogen-bond acceptors (Lipinski definition) is 11. The van der Waals surface area contributed by atoms with E-state index in [2.05, 4.69) is 86.8 Å². The predicted molar refractivity (Wildman–Crippen MR) is 276 cm³/mol. The van der Waals surface area contributed by atoms with Crippen LogP contribution in [0, 0.1) is 0 Å². The molecule has 1 saturated carbocycles. The largest absolute Gasteiger partial charge is 0.472 e. The molecule has 1 rings (SSSR count). The fourth-order valence-corrected chi connectivity index (χ4v) is 8.82. The van der Waals surface area contributed by atoms with Crippen molar-refractivity contribution in [3.8, 4) is 0 Å². The molecule has 0 aliphatic heterocycles. The van der Waals surface area contributed by atoms with Crippen LogP contribution < -0.4 is 0 Å². The average molecular weight is 981 g/mol. The van der Waals surface area contributed by atoms with E-state index >= 15 is 0 Å². The van der Waals surface area contributed by atoms with Gasteiger partial charge in [-0.1, -0.05) is 189 Å². The third-order valence-corrected chi connectivity index (χ3v) is 13.0. The number of phosphoric acid groups is 1. The Morgan fingerprint density at radius 2 is 0.868 bits per heavy atom. The lowest BCUT2D eigenvalue weighted by molar-refractivity contribution is -0.220. The number of ether oxygens (including phenoxy) is 2. The van der Waals surface area contributed by atoms with Gasteiger partial charge in [-0.25, -0.2) is 4.57 Å². The van der Waals surface area contributed by atoms with E-state index in [1.807, 2.05) is 0 Å². The average Bonchev–Trinajstić information content (AvgIpc) is 3.32. The number of carbonyl (C=O) groups is 1. The highest BCUT2D eigenvalue weighted by atomic mass is 31.2. The van der Waals surface area contributed by atoms with Crippen molar-refractivity contribution in [3.05, 3.63) is 72.9 Å². The second-order valence-electron chi connectivity index (χ2n) is 18.3. The van der Waals surface area contributed by atoms with Gasteiger partial charge in [-0.05, 0) is 83.5 Å². The van der Waals surface area contributed by atoms with Gasteiger partial charge in [0.05, 0.1) is 13.2 Å². The van der Waals surface area contributed by atoms with Crippen molar-refractivity contribution in [2.45, 2.75) is 249 Å². The number of allylic oxidation sites excluding steroid dienone is 12. The van der Waals surface area contributed by atoms with E-state index < -0.39 is 63.1 Å². The summed E-state index contributed by atoms with van der Waals surface area (Å²) in [5.74, 6) is -0.485. The topological polar surface area (TPSA) is 192 Å². The van der Waals surface area contributed by atoms with Crippen LogP contribution in [0.5, 0.6) is 0 Å². The normalized spacial score (nSPS) is 21.7. The Hall–Kier alpha value is -2.22. The molecule has 6 unspecified atom stereocenters. The third-order valence-electron chi connectivity index (χ3n) is 12.1. The number of carbonyl (C=O) groups excluding carboxylic acids is 1. The maximum Gasteiger partial charge on any atom is 0.472 e. The van der Waals surface area contributed by atoms with E-state index in [0.29, 0.717) is 13.0 Å². The molecule has 0 spiro atoms. The molecule has 0 saturated heterocycles. The summed E-state index contributed by atoms with van der Waals surface area (Å²) in [7, 11) is -5.03. The summed E-state index contributed by atoms with van der Waals surface area (Å²) in [5, 5.41) is 50.4. The molecule has 0 bridgehead atoms. The summed E-state index contributed by atoms with van der Waals surface area (Å²) in [6.07, 6.45) is 46.7. The van der Waals surface area contributed by atoms with E-state index in [0.717, 1.165) is 89.9 Å². The number of rotatable bonds is 45. The van der Waals surface area contributed by atoms with E-state index in [1.54, 1.807) is 0 Å². The van der Waals surface area contributed by atoms with Gasteiger partial charge in [0.2, 0.25) is 0 Å². The van der Waals surface area contributed by atoms with Crippen molar-refractivity contribution >= 4 is 13.8 Å². The second kappa shape index (κ2) is 44.7. The summed E-state index contributed by atoms with van der Waals surface area (Å²) in [6, 6.07) is 0. The Balaban J connectivity index is 2.33. The van der Waals surface area contributed by atoms with Crippen molar-refractivity contribution in [2.75, 3.05) is 19.8 Å². The van der Waals surface area contributed by atoms with Crippen LogP contribution in [0.4, 0.5) is 0 Å². The van der Waals surface area contributed by atoms with E-state index in [9.17, 15) is 39.8 Å². The van der Waals surface area contributed by atoms with E-state index in [-0.39, 0.29) is 13.0 Å². The van der Waals surface area contributed by atoms with Crippen molar-refractivity contribution in [1.29, 1.82) is 0 Å². The van der Waals surface area contributed by atoms with Crippen LogP contribution in [0.25, 0.3) is 0 Å². The van der Waals surface area contributed by atoms with Gasteiger partial charge in [-0.15, -0.1) is 0 Å². The van der Waals surface area contributed by atoms with Crippen LogP contribution in [0.1, 0.15) is 206 Å². The highest BCUT2D eigenvalue weighted by molar-refractivity contribution is 7.47. The molecule has 0 aromatic heterocycles. The minimum absolute atomic E-state index is 0.0855. The smallest absolute Gasteiger partial charge is 0.457 e. The first-order valence-electron chi connectivity index (χ1n) is 26.8. The molecule has 6 atom stereocenters. The Morgan fingerprint density at radius 1 is 0.485 bits per heavy atom. The SMILES string of the molecule is CC/C=C\C/C=C\C/C=C\C/C=C\CCCCCCCCCCCOCC(COP(=O)(O)OC1C(O)C(O)C(O)C(O)C1O)OC(=O)CCCCCCCCCCC/C=C\C/C=C\CCCCC. The van der Waals surface area contributed by atoms with Crippen LogP contribution in [-0.2, 0) is 27.9 Å². The monoisotopic (exact) mass is 981 g/mol. The summed E-state index contributed by atoms with van der Waals surface area (Å²) in [6.45, 7) is 4.12. The minimum Gasteiger partial charge on any atom is -0.457 e. The molecule has 1 aliphatic carbocycles. The van der Waals surface area contributed by atoms with E-state index in [4.69, 9.17) is 18.5 Å². The van der Waals surface area contributed by atoms with Crippen molar-refractivity contribution in [3.63, 3.8) is 0 Å². The molecular weight excluding hydrogens is 884 g/mol. The van der Waals surface area contributed by atoms with Gasteiger partial charge in [0.15, 0.2) is 0 Å². The number of aliphatic hydroxyl groups is 5. The summed E-state index contributed by atoms with van der Waals surface area (Å²) in [5.41, 5.74) is 0. The Kier molecular flexibility index (Phi) is 41.9. The van der Waals surface area contributed by atoms with Gasteiger partial charge in [-0.3, -0.25) is 13.8 Å². The molecule has 6 N–H and O–H groups in total. The summed E-state index contributed by atoms with van der Waals surface area (Å²) < 4.78 is 34.3. The van der Waals surface area contributed by atoms with Gasteiger partial charge in [0.1, 0.15) is 42.7 Å². The Bertz CT molecular complexity index is 1400. The quantitative estimate of drug-likeness (QED) is 0.0147. The molecule has 68 heavy (non-hydrogen) atoms. The number of hydrogen-bond donors (Lipinski definition) is 6. The number of esters is 1. The van der Waals surface area contributed by atoms with Crippen LogP contribution >= 0.6 is 7.82 Å². The van der Waals surface area contributed by atoms with Crippen LogP contribution in [0.15, 0.2) is 72.9 Å². The molecule has 0 aromatic rings. The molecule has 0 aromatic carbocycles. The van der Waals surface area contributed by atoms with E-state index in [1.165, 1.54) is 89.9 Å². The first-order chi connectivity index (χ1) is 33.0. The zero-order valence-corrected chi connectivity index (χ0v) is 43.3. The fourth-order valence-electron chi connectivity index (χ4n) is 7.85. The standard InChI is InChI=1S/C55H97O12P/c1-3-5-7-9-11-13-15-17-19-21-23-24-25-27-29-31-33-35-37-39-41-43-45-64-46-48(47-65-68(62,63)67-55-53(60)51(58)50(57)52(59)54(55)61)66-49(56)44-42-40-38-36-34-32-30-28-26-22-20-18-16-14-12-10-8-6-4-2/h5,7,11-14,17-20,23-24,48,50-55,57-61H,3-4,6,8-10,15-16,21-22,25-47H2,1-2H3,(H,62,63)/b7-5-,13-11-,14-12-,19-17-,20-18-,24-23-. The molecule has 0 amide bonds. The zero-order chi connectivity index (χ0) is 49.8. The van der Waals surface area contributed by atoms with Gasteiger partial charge < -0.3 is 39.9 Å². The van der Waals surface area contributed by atoms with Gasteiger partial charge >= 0.3 is 13.8 Å².